The summed E-state index contributed by atoms with van der Waals surface area (Å²) in [4.78, 5) is 11.3. The minimum Gasteiger partial charge on any atom is -0.469 e. The van der Waals surface area contributed by atoms with Crippen LogP contribution in [0.25, 0.3) is 0 Å². The standard InChI is InChI=1S/C13H14BrNO2/c1-3-9-4-5-10(6-13(16)17-2)11(7-14)12(9)8-15/h4-5H,3,6-7H2,1-2H3. The Kier molecular flexibility index (Phi) is 5.17. The van der Waals surface area contributed by atoms with Gasteiger partial charge in [-0.05, 0) is 23.1 Å². The third kappa shape index (κ3) is 3.07. The van der Waals surface area contributed by atoms with Crippen molar-refractivity contribution in [3.05, 3.63) is 34.4 Å². The van der Waals surface area contributed by atoms with Crippen molar-refractivity contribution < 1.29 is 9.53 Å². The quantitative estimate of drug-likeness (QED) is 0.634. The molecule has 0 aromatic heterocycles. The molecule has 1 aromatic carbocycles. The van der Waals surface area contributed by atoms with Gasteiger partial charge in [-0.15, -0.1) is 0 Å². The van der Waals surface area contributed by atoms with Gasteiger partial charge in [-0.3, -0.25) is 4.79 Å². The topological polar surface area (TPSA) is 50.1 Å². The van der Waals surface area contributed by atoms with Gasteiger partial charge in [0.15, 0.2) is 0 Å². The highest BCUT2D eigenvalue weighted by atomic mass is 79.9. The highest BCUT2D eigenvalue weighted by Gasteiger charge is 2.14. The average Bonchev–Trinajstić information content (AvgIpc) is 2.37. The maximum absolute atomic E-state index is 11.3. The number of aryl methyl sites for hydroxylation is 1. The second-order valence-corrected chi connectivity index (χ2v) is 4.15. The van der Waals surface area contributed by atoms with Gasteiger partial charge in [0.2, 0.25) is 0 Å². The Morgan fingerprint density at radius 1 is 1.47 bits per heavy atom. The van der Waals surface area contributed by atoms with E-state index in [1.807, 2.05) is 19.1 Å². The third-order valence-electron chi connectivity index (χ3n) is 2.69. The van der Waals surface area contributed by atoms with Crippen LogP contribution in [0.3, 0.4) is 0 Å². The van der Waals surface area contributed by atoms with Crippen LogP contribution < -0.4 is 0 Å². The molecule has 0 saturated carbocycles. The van der Waals surface area contributed by atoms with Crippen molar-refractivity contribution in [2.45, 2.75) is 25.1 Å². The number of carbonyl (C=O) groups excluding carboxylic acids is 1. The van der Waals surface area contributed by atoms with Crippen LogP contribution in [0.5, 0.6) is 0 Å². The fourth-order valence-corrected chi connectivity index (χ4v) is 2.36. The second kappa shape index (κ2) is 6.41. The zero-order valence-electron chi connectivity index (χ0n) is 9.92. The SMILES string of the molecule is CCc1ccc(CC(=O)OC)c(CBr)c1C#N. The summed E-state index contributed by atoms with van der Waals surface area (Å²) in [5.41, 5.74) is 3.42. The first kappa shape index (κ1) is 13.7. The maximum Gasteiger partial charge on any atom is 0.309 e. The Bertz CT molecular complexity index is 463. The van der Waals surface area contributed by atoms with E-state index in [1.54, 1.807) is 0 Å². The van der Waals surface area contributed by atoms with E-state index in [4.69, 9.17) is 0 Å². The van der Waals surface area contributed by atoms with E-state index >= 15 is 0 Å². The van der Waals surface area contributed by atoms with Crippen LogP contribution in [0, 0.1) is 11.3 Å². The number of benzene rings is 1. The van der Waals surface area contributed by atoms with E-state index in [-0.39, 0.29) is 12.4 Å². The van der Waals surface area contributed by atoms with Gasteiger partial charge in [-0.2, -0.15) is 5.26 Å². The van der Waals surface area contributed by atoms with E-state index < -0.39 is 0 Å². The predicted octanol–water partition coefficient (Wildman–Crippen LogP) is 2.73. The number of halogens is 1. The van der Waals surface area contributed by atoms with Crippen molar-refractivity contribution >= 4 is 21.9 Å². The van der Waals surface area contributed by atoms with Crippen LogP contribution in [0.1, 0.15) is 29.2 Å². The van der Waals surface area contributed by atoms with Gasteiger partial charge in [0.05, 0.1) is 25.2 Å². The monoisotopic (exact) mass is 295 g/mol. The molecule has 0 N–H and O–H groups in total. The summed E-state index contributed by atoms with van der Waals surface area (Å²) in [5, 5.41) is 9.76. The van der Waals surface area contributed by atoms with Gasteiger partial charge in [0, 0.05) is 5.33 Å². The molecule has 0 fully saturated rings. The summed E-state index contributed by atoms with van der Waals surface area (Å²) in [6, 6.07) is 6.02. The summed E-state index contributed by atoms with van der Waals surface area (Å²) in [5.74, 6) is -0.291. The zero-order chi connectivity index (χ0) is 12.8. The molecule has 1 rings (SSSR count). The second-order valence-electron chi connectivity index (χ2n) is 3.59. The Morgan fingerprint density at radius 3 is 2.59 bits per heavy atom. The largest absolute Gasteiger partial charge is 0.469 e. The number of hydrogen-bond donors (Lipinski definition) is 0. The molecule has 0 amide bonds. The molecule has 90 valence electrons. The van der Waals surface area contributed by atoms with Gasteiger partial charge in [0.1, 0.15) is 0 Å². The number of nitrogens with zero attached hydrogens (tertiary/aromatic N) is 1. The van der Waals surface area contributed by atoms with E-state index in [2.05, 4.69) is 26.7 Å². The summed E-state index contributed by atoms with van der Waals surface area (Å²) in [6.07, 6.45) is 1.01. The summed E-state index contributed by atoms with van der Waals surface area (Å²) >= 11 is 3.37. The molecule has 0 aliphatic carbocycles. The first-order valence-corrected chi connectivity index (χ1v) is 6.46. The maximum atomic E-state index is 11.3. The number of methoxy groups -OCH3 is 1. The lowest BCUT2D eigenvalue weighted by molar-refractivity contribution is -0.139. The van der Waals surface area contributed by atoms with Gasteiger partial charge >= 0.3 is 5.97 Å². The predicted molar refractivity (Wildman–Crippen MR) is 68.9 cm³/mol. The van der Waals surface area contributed by atoms with Gasteiger partial charge in [-0.1, -0.05) is 35.0 Å². The van der Waals surface area contributed by atoms with E-state index in [0.29, 0.717) is 10.9 Å². The van der Waals surface area contributed by atoms with E-state index in [9.17, 15) is 10.1 Å². The van der Waals surface area contributed by atoms with Gasteiger partial charge in [0.25, 0.3) is 0 Å². The Balaban J connectivity index is 3.24. The van der Waals surface area contributed by atoms with Crippen molar-refractivity contribution in [3.8, 4) is 6.07 Å². The Labute approximate surface area is 110 Å². The molecular weight excluding hydrogens is 282 g/mol. The minimum atomic E-state index is -0.291. The first-order chi connectivity index (χ1) is 8.17. The fourth-order valence-electron chi connectivity index (χ4n) is 1.72. The first-order valence-electron chi connectivity index (χ1n) is 5.34. The van der Waals surface area contributed by atoms with E-state index in [1.165, 1.54) is 7.11 Å². The molecular formula is C13H14BrNO2. The number of ether oxygens (including phenoxy) is 1. The highest BCUT2D eigenvalue weighted by Crippen LogP contribution is 2.22. The molecule has 17 heavy (non-hydrogen) atoms. The number of hydrogen-bond acceptors (Lipinski definition) is 3. The molecule has 4 heteroatoms. The lowest BCUT2D eigenvalue weighted by Gasteiger charge is -2.11. The van der Waals surface area contributed by atoms with Crippen LogP contribution in [0.15, 0.2) is 12.1 Å². The molecule has 0 radical (unpaired) electrons. The van der Waals surface area contributed by atoms with Crippen molar-refractivity contribution in [3.63, 3.8) is 0 Å². The van der Waals surface area contributed by atoms with Gasteiger partial charge < -0.3 is 4.74 Å². The molecule has 0 bridgehead atoms. The van der Waals surface area contributed by atoms with Crippen LogP contribution in [-0.2, 0) is 27.7 Å². The molecule has 0 spiro atoms. The van der Waals surface area contributed by atoms with Crippen molar-refractivity contribution in [2.24, 2.45) is 0 Å². The van der Waals surface area contributed by atoms with Gasteiger partial charge in [-0.25, -0.2) is 0 Å². The fraction of sp³-hybridized carbons (Fsp3) is 0.385. The number of esters is 1. The minimum absolute atomic E-state index is 0.204. The molecule has 0 atom stereocenters. The Morgan fingerprint density at radius 2 is 2.12 bits per heavy atom. The number of nitriles is 1. The summed E-state index contributed by atoms with van der Waals surface area (Å²) in [7, 11) is 1.36. The molecule has 3 nitrogen and oxygen atoms in total. The van der Waals surface area contributed by atoms with Crippen molar-refractivity contribution in [1.29, 1.82) is 5.26 Å². The smallest absolute Gasteiger partial charge is 0.309 e. The van der Waals surface area contributed by atoms with Crippen LogP contribution in [0.2, 0.25) is 0 Å². The van der Waals surface area contributed by atoms with Crippen LogP contribution in [0.4, 0.5) is 0 Å². The lowest BCUT2D eigenvalue weighted by atomic mass is 9.95. The zero-order valence-corrected chi connectivity index (χ0v) is 11.5. The highest BCUT2D eigenvalue weighted by molar-refractivity contribution is 9.08. The molecule has 0 unspecified atom stereocenters. The summed E-state index contributed by atoms with van der Waals surface area (Å²) in [6.45, 7) is 2.01. The van der Waals surface area contributed by atoms with E-state index in [0.717, 1.165) is 23.1 Å². The molecule has 0 heterocycles. The number of alkyl halides is 1. The lowest BCUT2D eigenvalue weighted by Crippen LogP contribution is -2.08. The number of carbonyl (C=O) groups is 1. The van der Waals surface area contributed by atoms with Crippen LogP contribution in [-0.4, -0.2) is 13.1 Å². The molecule has 1 aromatic rings. The van der Waals surface area contributed by atoms with Crippen molar-refractivity contribution in [2.75, 3.05) is 7.11 Å². The summed E-state index contributed by atoms with van der Waals surface area (Å²) < 4.78 is 4.65. The van der Waals surface area contributed by atoms with Crippen LogP contribution >= 0.6 is 15.9 Å². The number of rotatable bonds is 4. The molecule has 0 aliphatic rings. The molecule has 0 aliphatic heterocycles. The normalized spacial score (nSPS) is 9.76. The third-order valence-corrected chi connectivity index (χ3v) is 3.25. The Hall–Kier alpha value is -1.34. The van der Waals surface area contributed by atoms with Crippen molar-refractivity contribution in [1.82, 2.24) is 0 Å². The average molecular weight is 296 g/mol. The molecule has 0 saturated heterocycles.